The van der Waals surface area contributed by atoms with Crippen LogP contribution in [0, 0.1) is 6.92 Å². The Bertz CT molecular complexity index is 692. The summed E-state index contributed by atoms with van der Waals surface area (Å²) in [6, 6.07) is 10.6. The third kappa shape index (κ3) is 4.59. The van der Waals surface area contributed by atoms with Crippen LogP contribution in [0.5, 0.6) is 11.5 Å². The molecule has 1 aliphatic heterocycles. The van der Waals surface area contributed by atoms with E-state index in [1.807, 2.05) is 19.9 Å². The van der Waals surface area contributed by atoms with Gasteiger partial charge < -0.3 is 19.2 Å². The molecule has 3 rings (SSSR count). The molecule has 1 aliphatic rings. The lowest BCUT2D eigenvalue weighted by Crippen LogP contribution is -2.33. The molecular formula is C21H30N2O3. The second kappa shape index (κ2) is 9.10. The second-order valence-electron chi connectivity index (χ2n) is 6.76. The topological polar surface area (TPSA) is 46.9 Å². The zero-order valence-corrected chi connectivity index (χ0v) is 16.1. The first-order chi connectivity index (χ1) is 12.7. The first kappa shape index (κ1) is 18.8. The number of likely N-dealkylation sites (tertiary alicyclic amines) is 1. The van der Waals surface area contributed by atoms with E-state index in [0.717, 1.165) is 49.2 Å². The number of nitrogens with zero attached hydrogens (tertiary/aromatic N) is 1. The second-order valence-corrected chi connectivity index (χ2v) is 6.76. The predicted molar refractivity (Wildman–Crippen MR) is 103 cm³/mol. The zero-order chi connectivity index (χ0) is 18.4. The quantitative estimate of drug-likeness (QED) is 0.736. The number of benzene rings is 1. The van der Waals surface area contributed by atoms with Crippen molar-refractivity contribution in [1.29, 1.82) is 0 Å². The average molecular weight is 358 g/mol. The molecule has 1 unspecified atom stereocenters. The van der Waals surface area contributed by atoms with Crippen LogP contribution in [0.4, 0.5) is 0 Å². The Kier molecular flexibility index (Phi) is 6.58. The van der Waals surface area contributed by atoms with Crippen LogP contribution in [0.2, 0.25) is 0 Å². The van der Waals surface area contributed by atoms with Crippen molar-refractivity contribution < 1.29 is 13.9 Å². The van der Waals surface area contributed by atoms with E-state index in [0.29, 0.717) is 6.61 Å². The lowest BCUT2D eigenvalue weighted by atomic mass is 10.1. The molecule has 0 bridgehead atoms. The molecule has 1 aromatic heterocycles. The van der Waals surface area contributed by atoms with Crippen molar-refractivity contribution in [1.82, 2.24) is 10.2 Å². The minimum atomic E-state index is 0.288. The molecule has 5 nitrogen and oxygen atoms in total. The van der Waals surface area contributed by atoms with E-state index >= 15 is 0 Å². The van der Waals surface area contributed by atoms with Crippen molar-refractivity contribution in [2.45, 2.75) is 39.3 Å². The average Bonchev–Trinajstić information content (AvgIpc) is 3.31. The minimum Gasteiger partial charge on any atom is -0.493 e. The Morgan fingerprint density at radius 2 is 1.96 bits per heavy atom. The number of rotatable bonds is 9. The van der Waals surface area contributed by atoms with E-state index in [2.05, 4.69) is 34.5 Å². The maximum Gasteiger partial charge on any atom is 0.161 e. The number of hydrogen-bond donors (Lipinski definition) is 1. The van der Waals surface area contributed by atoms with E-state index in [1.54, 1.807) is 7.11 Å². The summed E-state index contributed by atoms with van der Waals surface area (Å²) in [5, 5.41) is 3.60. The van der Waals surface area contributed by atoms with Crippen LogP contribution in [-0.2, 0) is 6.54 Å². The van der Waals surface area contributed by atoms with Gasteiger partial charge in [0.2, 0.25) is 0 Å². The van der Waals surface area contributed by atoms with Gasteiger partial charge in [-0.1, -0.05) is 6.07 Å². The molecule has 26 heavy (non-hydrogen) atoms. The summed E-state index contributed by atoms with van der Waals surface area (Å²) >= 11 is 0. The van der Waals surface area contributed by atoms with E-state index in [-0.39, 0.29) is 6.04 Å². The summed E-state index contributed by atoms with van der Waals surface area (Å²) in [5.74, 6) is 3.60. The van der Waals surface area contributed by atoms with Crippen LogP contribution in [-0.4, -0.2) is 38.3 Å². The number of nitrogens with one attached hydrogen (secondary N) is 1. The first-order valence-corrected chi connectivity index (χ1v) is 9.52. The van der Waals surface area contributed by atoms with E-state index in [9.17, 15) is 0 Å². The zero-order valence-electron chi connectivity index (χ0n) is 16.1. The Labute approximate surface area is 156 Å². The van der Waals surface area contributed by atoms with Gasteiger partial charge in [0, 0.05) is 13.1 Å². The van der Waals surface area contributed by atoms with Crippen LogP contribution < -0.4 is 14.8 Å². The fourth-order valence-electron chi connectivity index (χ4n) is 3.55. The fraction of sp³-hybridized carbons (Fsp3) is 0.524. The summed E-state index contributed by atoms with van der Waals surface area (Å²) in [6.07, 6.45) is 2.54. The van der Waals surface area contributed by atoms with Gasteiger partial charge in [0.15, 0.2) is 11.5 Å². The van der Waals surface area contributed by atoms with Gasteiger partial charge in [-0.25, -0.2) is 0 Å². The van der Waals surface area contributed by atoms with E-state index < -0.39 is 0 Å². The maximum atomic E-state index is 5.92. The van der Waals surface area contributed by atoms with Crippen molar-refractivity contribution >= 4 is 0 Å². The number of furan rings is 1. The Balaban J connectivity index is 1.63. The third-order valence-corrected chi connectivity index (χ3v) is 4.87. The summed E-state index contributed by atoms with van der Waals surface area (Å²) in [7, 11) is 1.67. The number of aryl methyl sites for hydroxylation is 1. The maximum absolute atomic E-state index is 5.92. The molecule has 2 heterocycles. The van der Waals surface area contributed by atoms with Crippen LogP contribution in [0.15, 0.2) is 34.7 Å². The van der Waals surface area contributed by atoms with Crippen LogP contribution >= 0.6 is 0 Å². The third-order valence-electron chi connectivity index (χ3n) is 4.87. The first-order valence-electron chi connectivity index (χ1n) is 9.52. The molecule has 1 fully saturated rings. The van der Waals surface area contributed by atoms with Crippen molar-refractivity contribution in [3.05, 3.63) is 47.4 Å². The monoisotopic (exact) mass is 358 g/mol. The highest BCUT2D eigenvalue weighted by Gasteiger charge is 2.25. The number of methoxy groups -OCH3 is 1. The van der Waals surface area contributed by atoms with Crippen molar-refractivity contribution in [2.75, 3.05) is 33.4 Å². The smallest absolute Gasteiger partial charge is 0.161 e. The molecule has 5 heteroatoms. The van der Waals surface area contributed by atoms with Gasteiger partial charge >= 0.3 is 0 Å². The van der Waals surface area contributed by atoms with Crippen molar-refractivity contribution in [3.63, 3.8) is 0 Å². The van der Waals surface area contributed by atoms with Crippen LogP contribution in [0.25, 0.3) is 0 Å². The lowest BCUT2D eigenvalue weighted by Gasteiger charge is -2.26. The molecule has 1 N–H and O–H groups in total. The molecule has 0 radical (unpaired) electrons. The highest BCUT2D eigenvalue weighted by atomic mass is 16.5. The standard InChI is InChI=1S/C21H30N2O3/c1-4-25-21-13-17(8-10-20(21)24-3)14-22-15-18(23-11-5-6-12-23)19-9-7-16(2)26-19/h7-10,13,18,22H,4-6,11-12,14-15H2,1-3H3. The molecule has 0 amide bonds. The van der Waals surface area contributed by atoms with Gasteiger partial charge in [-0.05, 0) is 69.6 Å². The molecule has 0 spiro atoms. The van der Waals surface area contributed by atoms with E-state index in [1.165, 1.54) is 18.4 Å². The molecule has 0 saturated carbocycles. The molecule has 1 aromatic carbocycles. The van der Waals surface area contributed by atoms with Gasteiger partial charge in [-0.2, -0.15) is 0 Å². The Morgan fingerprint density at radius 3 is 2.62 bits per heavy atom. The van der Waals surface area contributed by atoms with Gasteiger partial charge in [0.1, 0.15) is 11.5 Å². The fourth-order valence-corrected chi connectivity index (χ4v) is 3.55. The molecule has 1 atom stereocenters. The largest absolute Gasteiger partial charge is 0.493 e. The van der Waals surface area contributed by atoms with Crippen LogP contribution in [0.3, 0.4) is 0 Å². The summed E-state index contributed by atoms with van der Waals surface area (Å²) in [5.41, 5.74) is 1.19. The van der Waals surface area contributed by atoms with Crippen LogP contribution in [0.1, 0.15) is 42.9 Å². The highest BCUT2D eigenvalue weighted by Crippen LogP contribution is 2.29. The van der Waals surface area contributed by atoms with Crippen molar-refractivity contribution in [2.24, 2.45) is 0 Å². The van der Waals surface area contributed by atoms with Gasteiger partial charge in [0.05, 0.1) is 19.8 Å². The van der Waals surface area contributed by atoms with Crippen molar-refractivity contribution in [3.8, 4) is 11.5 Å². The molecule has 1 saturated heterocycles. The summed E-state index contributed by atoms with van der Waals surface area (Å²) in [4.78, 5) is 2.52. The SMILES string of the molecule is CCOc1cc(CNCC(c2ccc(C)o2)N2CCCC2)ccc1OC. The number of ether oxygens (including phenoxy) is 2. The summed E-state index contributed by atoms with van der Waals surface area (Å²) in [6.45, 7) is 8.55. The predicted octanol–water partition coefficient (Wildman–Crippen LogP) is 3.92. The minimum absolute atomic E-state index is 0.288. The molecule has 142 valence electrons. The van der Waals surface area contributed by atoms with Gasteiger partial charge in [-0.15, -0.1) is 0 Å². The summed E-state index contributed by atoms with van der Waals surface area (Å²) < 4.78 is 17.0. The lowest BCUT2D eigenvalue weighted by molar-refractivity contribution is 0.207. The Morgan fingerprint density at radius 1 is 1.15 bits per heavy atom. The number of hydrogen-bond acceptors (Lipinski definition) is 5. The van der Waals surface area contributed by atoms with E-state index in [4.69, 9.17) is 13.9 Å². The Hall–Kier alpha value is -1.98. The molecular weight excluding hydrogens is 328 g/mol. The van der Waals surface area contributed by atoms with Gasteiger partial charge in [0.25, 0.3) is 0 Å². The molecule has 2 aromatic rings. The molecule has 0 aliphatic carbocycles. The normalized spacial score (nSPS) is 16.0. The highest BCUT2D eigenvalue weighted by molar-refractivity contribution is 5.42. The van der Waals surface area contributed by atoms with Gasteiger partial charge in [-0.3, -0.25) is 4.90 Å².